The summed E-state index contributed by atoms with van der Waals surface area (Å²) in [6.07, 6.45) is -4.62. The Kier molecular flexibility index (Phi) is 3.85. The quantitative estimate of drug-likeness (QED) is 0.785. The number of carbonyl (C=O) groups is 1. The van der Waals surface area contributed by atoms with E-state index in [4.69, 9.17) is 11.6 Å². The molecule has 0 amide bonds. The predicted octanol–water partition coefficient (Wildman–Crippen LogP) is 4.08. The monoisotopic (exact) mass is 303 g/mol. The lowest BCUT2D eigenvalue weighted by molar-refractivity contribution is -0.136. The van der Waals surface area contributed by atoms with E-state index in [-0.39, 0.29) is 28.2 Å². The Balaban J connectivity index is 2.71. The number of hydrogen-bond acceptors (Lipinski definition) is 3. The van der Waals surface area contributed by atoms with Crippen molar-refractivity contribution in [2.24, 2.45) is 0 Å². The predicted molar refractivity (Wildman–Crippen MR) is 67.7 cm³/mol. The fourth-order valence-corrected chi connectivity index (χ4v) is 1.91. The van der Waals surface area contributed by atoms with Gasteiger partial charge < -0.3 is 4.74 Å². The summed E-state index contributed by atoms with van der Waals surface area (Å²) < 4.78 is 43.8. The molecule has 0 spiro atoms. The molecule has 0 aliphatic rings. The van der Waals surface area contributed by atoms with Gasteiger partial charge in [0, 0.05) is 10.4 Å². The first kappa shape index (κ1) is 14.6. The molecule has 1 aromatic carbocycles. The van der Waals surface area contributed by atoms with Gasteiger partial charge >= 0.3 is 12.1 Å². The van der Waals surface area contributed by atoms with Crippen LogP contribution in [0.3, 0.4) is 0 Å². The molecule has 0 fully saturated rings. The van der Waals surface area contributed by atoms with Crippen molar-refractivity contribution in [3.63, 3.8) is 0 Å². The topological polar surface area (TPSA) is 39.2 Å². The number of esters is 1. The van der Waals surface area contributed by atoms with Crippen molar-refractivity contribution in [3.8, 4) is 0 Å². The van der Waals surface area contributed by atoms with Crippen LogP contribution >= 0.6 is 11.6 Å². The highest BCUT2D eigenvalue weighted by molar-refractivity contribution is 6.31. The molecule has 0 aliphatic heterocycles. The number of halogens is 4. The molecule has 0 bridgehead atoms. The third-order valence-electron chi connectivity index (χ3n) is 2.56. The van der Waals surface area contributed by atoms with E-state index in [0.29, 0.717) is 6.07 Å². The summed E-state index contributed by atoms with van der Waals surface area (Å²) in [5.41, 5.74) is -1.31. The number of carbonyl (C=O) groups excluding carboxylic acids is 1. The number of nitrogens with zero attached hydrogens (tertiary/aromatic N) is 1. The number of aromatic nitrogens is 1. The normalized spacial score (nSPS) is 11.7. The van der Waals surface area contributed by atoms with E-state index in [1.54, 1.807) is 6.92 Å². The molecule has 20 heavy (non-hydrogen) atoms. The van der Waals surface area contributed by atoms with Crippen LogP contribution < -0.4 is 0 Å². The fourth-order valence-electron chi connectivity index (χ4n) is 1.74. The van der Waals surface area contributed by atoms with Crippen LogP contribution in [0, 0.1) is 0 Å². The van der Waals surface area contributed by atoms with Gasteiger partial charge in [0.05, 0.1) is 17.7 Å². The number of pyridine rings is 1. The molecule has 0 N–H and O–H groups in total. The van der Waals surface area contributed by atoms with Crippen molar-refractivity contribution in [2.75, 3.05) is 6.61 Å². The number of ether oxygens (including phenoxy) is 1. The van der Waals surface area contributed by atoms with E-state index in [9.17, 15) is 18.0 Å². The summed E-state index contributed by atoms with van der Waals surface area (Å²) in [5.74, 6) is -0.894. The van der Waals surface area contributed by atoms with Crippen LogP contribution in [0.5, 0.6) is 0 Å². The van der Waals surface area contributed by atoms with Crippen molar-refractivity contribution in [2.45, 2.75) is 13.1 Å². The summed E-state index contributed by atoms with van der Waals surface area (Å²) in [6.45, 7) is 1.61. The Morgan fingerprint density at radius 1 is 1.35 bits per heavy atom. The Bertz CT molecular complexity index is 670. The second kappa shape index (κ2) is 5.28. The lowest BCUT2D eigenvalue weighted by Crippen LogP contribution is -2.12. The maximum absolute atomic E-state index is 13.1. The van der Waals surface area contributed by atoms with Crippen molar-refractivity contribution < 1.29 is 22.7 Å². The molecule has 7 heteroatoms. The van der Waals surface area contributed by atoms with E-state index in [1.807, 2.05) is 0 Å². The maximum atomic E-state index is 13.1. The zero-order chi connectivity index (χ0) is 14.9. The van der Waals surface area contributed by atoms with Gasteiger partial charge in [-0.05, 0) is 31.2 Å². The molecule has 0 radical (unpaired) electrons. The average molecular weight is 304 g/mol. The van der Waals surface area contributed by atoms with Gasteiger partial charge in [-0.15, -0.1) is 0 Å². The van der Waals surface area contributed by atoms with Crippen LogP contribution in [0.1, 0.15) is 23.0 Å². The van der Waals surface area contributed by atoms with Crippen LogP contribution in [0.2, 0.25) is 5.02 Å². The minimum atomic E-state index is -4.62. The molecular weight excluding hydrogens is 295 g/mol. The summed E-state index contributed by atoms with van der Waals surface area (Å²) in [5, 5.41) is 0.00623. The molecular formula is C13H9ClF3NO2. The Morgan fingerprint density at radius 3 is 2.65 bits per heavy atom. The SMILES string of the molecule is CCOC(=O)c1cc(C(F)(F)F)c2cc(Cl)ccc2n1. The highest BCUT2D eigenvalue weighted by Crippen LogP contribution is 2.35. The van der Waals surface area contributed by atoms with Gasteiger partial charge in [0.1, 0.15) is 5.69 Å². The number of alkyl halides is 3. The maximum Gasteiger partial charge on any atom is 0.417 e. The van der Waals surface area contributed by atoms with Crippen molar-refractivity contribution in [1.82, 2.24) is 4.98 Å². The van der Waals surface area contributed by atoms with Crippen molar-refractivity contribution in [3.05, 3.63) is 40.5 Å². The molecule has 1 heterocycles. The van der Waals surface area contributed by atoms with E-state index in [1.165, 1.54) is 18.2 Å². The van der Waals surface area contributed by atoms with Gasteiger partial charge in [0.2, 0.25) is 0 Å². The summed E-state index contributed by atoms with van der Waals surface area (Å²) in [6, 6.07) is 4.58. The molecule has 0 saturated carbocycles. The van der Waals surface area contributed by atoms with Crippen LogP contribution in [-0.4, -0.2) is 17.6 Å². The molecule has 0 atom stereocenters. The van der Waals surface area contributed by atoms with Gasteiger partial charge in [0.25, 0.3) is 0 Å². The number of fused-ring (bicyclic) bond motifs is 1. The van der Waals surface area contributed by atoms with Gasteiger partial charge in [-0.3, -0.25) is 0 Å². The molecule has 106 valence electrons. The lowest BCUT2D eigenvalue weighted by Gasteiger charge is -2.12. The first-order valence-electron chi connectivity index (χ1n) is 5.67. The largest absolute Gasteiger partial charge is 0.461 e. The first-order chi connectivity index (χ1) is 9.32. The molecule has 0 aliphatic carbocycles. The molecule has 1 aromatic heterocycles. The lowest BCUT2D eigenvalue weighted by atomic mass is 10.1. The van der Waals surface area contributed by atoms with E-state index >= 15 is 0 Å². The smallest absolute Gasteiger partial charge is 0.417 e. The summed E-state index contributed by atoms with van der Waals surface area (Å²) in [4.78, 5) is 15.4. The minimum absolute atomic E-state index is 0.0345. The molecule has 3 nitrogen and oxygen atoms in total. The standard InChI is InChI=1S/C13H9ClF3NO2/c1-2-20-12(19)11-6-9(13(15,16)17)8-5-7(14)3-4-10(8)18-11/h3-6H,2H2,1H3. The van der Waals surface area contributed by atoms with E-state index < -0.39 is 17.7 Å². The van der Waals surface area contributed by atoms with E-state index in [0.717, 1.165) is 0 Å². The van der Waals surface area contributed by atoms with Crippen LogP contribution in [-0.2, 0) is 10.9 Å². The highest BCUT2D eigenvalue weighted by atomic mass is 35.5. The van der Waals surface area contributed by atoms with Crippen LogP contribution in [0.15, 0.2) is 24.3 Å². The summed E-state index contributed by atoms with van der Waals surface area (Å²) >= 11 is 5.71. The van der Waals surface area contributed by atoms with Gasteiger partial charge in [-0.2, -0.15) is 13.2 Å². The van der Waals surface area contributed by atoms with Crippen molar-refractivity contribution in [1.29, 1.82) is 0 Å². The molecule has 0 saturated heterocycles. The van der Waals surface area contributed by atoms with Crippen LogP contribution in [0.4, 0.5) is 13.2 Å². The zero-order valence-corrected chi connectivity index (χ0v) is 11.0. The molecule has 2 aromatic rings. The Labute approximate surface area is 117 Å². The minimum Gasteiger partial charge on any atom is -0.461 e. The highest BCUT2D eigenvalue weighted by Gasteiger charge is 2.34. The Morgan fingerprint density at radius 2 is 2.05 bits per heavy atom. The fraction of sp³-hybridized carbons (Fsp3) is 0.231. The number of rotatable bonds is 2. The average Bonchev–Trinajstić information content (AvgIpc) is 2.36. The Hall–Kier alpha value is -1.82. The molecule has 2 rings (SSSR count). The van der Waals surface area contributed by atoms with E-state index in [2.05, 4.69) is 9.72 Å². The number of hydrogen-bond donors (Lipinski definition) is 0. The van der Waals surface area contributed by atoms with Gasteiger partial charge in [-0.25, -0.2) is 9.78 Å². The zero-order valence-electron chi connectivity index (χ0n) is 10.3. The third-order valence-corrected chi connectivity index (χ3v) is 2.80. The molecule has 0 unspecified atom stereocenters. The summed E-state index contributed by atoms with van der Waals surface area (Å²) in [7, 11) is 0. The van der Waals surface area contributed by atoms with Gasteiger partial charge in [0.15, 0.2) is 0 Å². The first-order valence-corrected chi connectivity index (χ1v) is 6.05. The second-order valence-electron chi connectivity index (χ2n) is 3.93. The van der Waals surface area contributed by atoms with Crippen molar-refractivity contribution >= 4 is 28.5 Å². The second-order valence-corrected chi connectivity index (χ2v) is 4.37. The number of benzene rings is 1. The van der Waals surface area contributed by atoms with Crippen LogP contribution in [0.25, 0.3) is 10.9 Å². The van der Waals surface area contributed by atoms with Gasteiger partial charge in [-0.1, -0.05) is 11.6 Å². The third kappa shape index (κ3) is 2.85.